The van der Waals surface area contributed by atoms with E-state index in [0.29, 0.717) is 10.0 Å². The summed E-state index contributed by atoms with van der Waals surface area (Å²) in [6.07, 6.45) is -5.07. The lowest BCUT2D eigenvalue weighted by Gasteiger charge is -2.14. The third-order valence-corrected chi connectivity index (χ3v) is 4.44. The highest BCUT2D eigenvalue weighted by Crippen LogP contribution is 2.26. The van der Waals surface area contributed by atoms with Gasteiger partial charge in [0.1, 0.15) is 6.10 Å². The minimum Gasteiger partial charge on any atom is -0.398 e. The third kappa shape index (κ3) is 4.10. The second kappa shape index (κ2) is 6.12. The molecule has 0 aliphatic carbocycles. The summed E-state index contributed by atoms with van der Waals surface area (Å²) < 4.78 is 50.5. The van der Waals surface area contributed by atoms with Crippen molar-refractivity contribution >= 4 is 31.6 Å². The van der Waals surface area contributed by atoms with Crippen molar-refractivity contribution in [2.24, 2.45) is 0 Å². The van der Waals surface area contributed by atoms with E-state index in [2.05, 4.69) is 15.9 Å². The molecule has 1 atom stereocenters. The van der Waals surface area contributed by atoms with E-state index >= 15 is 0 Å². The maximum absolute atomic E-state index is 12.1. The van der Waals surface area contributed by atoms with Crippen molar-refractivity contribution in [1.82, 2.24) is 4.72 Å². The van der Waals surface area contributed by atoms with Gasteiger partial charge in [0.2, 0.25) is 10.0 Å². The summed E-state index contributed by atoms with van der Waals surface area (Å²) in [4.78, 5) is -0.124. The number of halogens is 3. The Morgan fingerprint density at radius 1 is 1.47 bits per heavy atom. The van der Waals surface area contributed by atoms with Gasteiger partial charge in [0, 0.05) is 16.7 Å². The number of anilines is 1. The van der Waals surface area contributed by atoms with Crippen molar-refractivity contribution in [1.29, 1.82) is 0 Å². The smallest absolute Gasteiger partial charge is 0.265 e. The quantitative estimate of drug-likeness (QED) is 0.690. The predicted octanol–water partition coefficient (Wildman–Crippen LogP) is 1.24. The molecule has 4 N–H and O–H groups in total. The van der Waals surface area contributed by atoms with Gasteiger partial charge in [0.05, 0.1) is 4.90 Å². The van der Waals surface area contributed by atoms with Gasteiger partial charge < -0.3 is 10.8 Å². The fraction of sp³-hybridized carbons (Fsp3) is 0.400. The number of nitrogens with one attached hydrogen (secondary N) is 1. The molecule has 1 unspecified atom stereocenters. The standard InChI is InChI=1S/C10H13BrF2N2O3S/c1-5-7(14)2-6(11)3-9(5)19(17,18)15-4-8(16)10(12)13/h2-3,8,10,15-16H,4,14H2,1H3. The summed E-state index contributed by atoms with van der Waals surface area (Å²) in [6, 6.07) is 2.84. The van der Waals surface area contributed by atoms with E-state index in [1.807, 2.05) is 4.72 Å². The minimum absolute atomic E-state index is 0.124. The Kier molecular flexibility index (Phi) is 5.25. The molecule has 1 aromatic rings. The number of hydrogen-bond donors (Lipinski definition) is 3. The Balaban J connectivity index is 3.01. The zero-order valence-corrected chi connectivity index (χ0v) is 12.3. The molecule has 0 saturated heterocycles. The number of aliphatic hydroxyl groups excluding tert-OH is 1. The van der Waals surface area contributed by atoms with E-state index in [4.69, 9.17) is 10.8 Å². The van der Waals surface area contributed by atoms with Crippen LogP contribution < -0.4 is 10.5 Å². The fourth-order valence-electron chi connectivity index (χ4n) is 1.32. The molecule has 1 aromatic carbocycles. The van der Waals surface area contributed by atoms with Gasteiger partial charge in [-0.1, -0.05) is 15.9 Å². The van der Waals surface area contributed by atoms with Gasteiger partial charge in [-0.05, 0) is 24.6 Å². The monoisotopic (exact) mass is 358 g/mol. The molecule has 108 valence electrons. The van der Waals surface area contributed by atoms with Crippen LogP contribution in [0.1, 0.15) is 5.56 Å². The zero-order chi connectivity index (χ0) is 14.8. The molecule has 0 radical (unpaired) electrons. The number of alkyl halides is 2. The van der Waals surface area contributed by atoms with Gasteiger partial charge in [0.15, 0.2) is 0 Å². The van der Waals surface area contributed by atoms with Crippen molar-refractivity contribution in [2.75, 3.05) is 12.3 Å². The second-order valence-electron chi connectivity index (χ2n) is 3.87. The van der Waals surface area contributed by atoms with Crippen LogP contribution in [0.3, 0.4) is 0 Å². The molecule has 9 heteroatoms. The lowest BCUT2D eigenvalue weighted by molar-refractivity contribution is -0.000452. The molecule has 1 rings (SSSR count). The number of sulfonamides is 1. The van der Waals surface area contributed by atoms with Crippen molar-refractivity contribution in [3.8, 4) is 0 Å². The molecule has 0 aromatic heterocycles. The third-order valence-electron chi connectivity index (χ3n) is 2.43. The van der Waals surface area contributed by atoms with Crippen LogP contribution in [0.4, 0.5) is 14.5 Å². The second-order valence-corrected chi connectivity index (χ2v) is 6.52. The van der Waals surface area contributed by atoms with E-state index in [9.17, 15) is 17.2 Å². The Morgan fingerprint density at radius 3 is 2.58 bits per heavy atom. The molecule has 0 saturated carbocycles. The van der Waals surface area contributed by atoms with E-state index in [1.165, 1.54) is 19.1 Å². The number of rotatable bonds is 5. The molecular formula is C10H13BrF2N2O3S. The molecule has 0 amide bonds. The SMILES string of the molecule is Cc1c(N)cc(Br)cc1S(=O)(=O)NCC(O)C(F)F. The molecule has 0 spiro atoms. The van der Waals surface area contributed by atoms with Crippen LogP contribution in [0.15, 0.2) is 21.5 Å². The summed E-state index contributed by atoms with van der Waals surface area (Å²) in [5.41, 5.74) is 6.19. The lowest BCUT2D eigenvalue weighted by atomic mass is 10.2. The Hall–Kier alpha value is -0.770. The number of benzene rings is 1. The first-order valence-corrected chi connectivity index (χ1v) is 7.44. The average molecular weight is 359 g/mol. The summed E-state index contributed by atoms with van der Waals surface area (Å²) >= 11 is 3.10. The minimum atomic E-state index is -4.02. The largest absolute Gasteiger partial charge is 0.398 e. The highest BCUT2D eigenvalue weighted by atomic mass is 79.9. The molecule has 5 nitrogen and oxygen atoms in total. The fourth-order valence-corrected chi connectivity index (χ4v) is 3.29. The first kappa shape index (κ1) is 16.3. The normalized spacial score (nSPS) is 13.8. The van der Waals surface area contributed by atoms with E-state index < -0.39 is 29.1 Å². The Morgan fingerprint density at radius 2 is 2.05 bits per heavy atom. The lowest BCUT2D eigenvalue weighted by Crippen LogP contribution is -2.36. The average Bonchev–Trinajstić information content (AvgIpc) is 2.30. The van der Waals surface area contributed by atoms with Crippen LogP contribution in [0.5, 0.6) is 0 Å². The van der Waals surface area contributed by atoms with Crippen LogP contribution in [0.2, 0.25) is 0 Å². The summed E-state index contributed by atoms with van der Waals surface area (Å²) in [6.45, 7) is 0.728. The number of nitrogens with two attached hydrogens (primary N) is 1. The molecule has 0 aliphatic heterocycles. The molecule has 19 heavy (non-hydrogen) atoms. The molecular weight excluding hydrogens is 346 g/mol. The molecule has 0 bridgehead atoms. The first-order chi connectivity index (χ1) is 8.65. The molecule has 0 fully saturated rings. The van der Waals surface area contributed by atoms with Gasteiger partial charge in [-0.15, -0.1) is 0 Å². The molecule has 0 heterocycles. The van der Waals surface area contributed by atoms with Gasteiger partial charge in [-0.25, -0.2) is 21.9 Å². The van der Waals surface area contributed by atoms with Gasteiger partial charge in [0.25, 0.3) is 6.43 Å². The highest BCUT2D eigenvalue weighted by Gasteiger charge is 2.23. The highest BCUT2D eigenvalue weighted by molar-refractivity contribution is 9.10. The van der Waals surface area contributed by atoms with Crippen LogP contribution >= 0.6 is 15.9 Å². The Labute approximate surface area is 118 Å². The van der Waals surface area contributed by atoms with Gasteiger partial charge >= 0.3 is 0 Å². The summed E-state index contributed by atoms with van der Waals surface area (Å²) in [7, 11) is -4.02. The number of hydrogen-bond acceptors (Lipinski definition) is 4. The maximum atomic E-state index is 12.1. The van der Waals surface area contributed by atoms with Crippen molar-refractivity contribution in [2.45, 2.75) is 24.3 Å². The predicted molar refractivity (Wildman–Crippen MR) is 70.5 cm³/mol. The number of aliphatic hydroxyl groups is 1. The first-order valence-electron chi connectivity index (χ1n) is 5.16. The maximum Gasteiger partial charge on any atom is 0.265 e. The van der Waals surface area contributed by atoms with E-state index in [1.54, 1.807) is 0 Å². The van der Waals surface area contributed by atoms with Crippen LogP contribution in [0, 0.1) is 6.92 Å². The van der Waals surface area contributed by atoms with E-state index in [0.717, 1.165) is 0 Å². The summed E-state index contributed by atoms with van der Waals surface area (Å²) in [5.74, 6) is 0. The zero-order valence-electron chi connectivity index (χ0n) is 9.90. The van der Waals surface area contributed by atoms with Crippen LogP contribution in [0.25, 0.3) is 0 Å². The Bertz CT molecular complexity index is 566. The van der Waals surface area contributed by atoms with Crippen LogP contribution in [-0.2, 0) is 10.0 Å². The molecule has 0 aliphatic rings. The van der Waals surface area contributed by atoms with Crippen molar-refractivity contribution < 1.29 is 22.3 Å². The number of nitrogen functional groups attached to an aromatic ring is 1. The van der Waals surface area contributed by atoms with Crippen molar-refractivity contribution in [3.05, 3.63) is 22.2 Å². The van der Waals surface area contributed by atoms with Crippen LogP contribution in [-0.4, -0.2) is 32.6 Å². The topological polar surface area (TPSA) is 92.4 Å². The van der Waals surface area contributed by atoms with Crippen molar-refractivity contribution in [3.63, 3.8) is 0 Å². The van der Waals surface area contributed by atoms with Gasteiger partial charge in [-0.2, -0.15) is 0 Å². The van der Waals surface area contributed by atoms with E-state index in [-0.39, 0.29) is 10.6 Å². The summed E-state index contributed by atoms with van der Waals surface area (Å²) in [5, 5.41) is 8.90. The van der Waals surface area contributed by atoms with Gasteiger partial charge in [-0.3, -0.25) is 0 Å².